The third kappa shape index (κ3) is 2.79. The Kier molecular flexibility index (Phi) is 4.29. The first-order valence-corrected chi connectivity index (χ1v) is 11.8. The van der Waals surface area contributed by atoms with Crippen molar-refractivity contribution < 1.29 is 8.42 Å². The lowest BCUT2D eigenvalue weighted by Crippen LogP contribution is -2.47. The molecule has 0 aromatic heterocycles. The highest BCUT2D eigenvalue weighted by atomic mass is 32.2. The number of benzene rings is 2. The van der Waals surface area contributed by atoms with Crippen molar-refractivity contribution >= 4 is 15.7 Å². The van der Waals surface area contributed by atoms with E-state index in [0.717, 1.165) is 44.5 Å². The van der Waals surface area contributed by atoms with E-state index in [1.807, 2.05) is 30.3 Å². The highest BCUT2D eigenvalue weighted by Gasteiger charge is 2.46. The molecule has 5 rings (SSSR count). The number of fused-ring (bicyclic) bond motifs is 4. The summed E-state index contributed by atoms with van der Waals surface area (Å²) < 4.78 is 29.4. The number of likely N-dealkylation sites (N-methyl/N-ethyl adjacent to an activating group) is 1. The first-order chi connectivity index (χ1) is 13.4. The fourth-order valence-electron chi connectivity index (χ4n) is 5.33. The van der Waals surface area contributed by atoms with Crippen molar-refractivity contribution in [1.29, 1.82) is 0 Å². The third-order valence-corrected chi connectivity index (χ3v) is 8.61. The van der Waals surface area contributed by atoms with Crippen LogP contribution in [0.5, 0.6) is 0 Å². The highest BCUT2D eigenvalue weighted by Crippen LogP contribution is 2.47. The van der Waals surface area contributed by atoms with Crippen molar-refractivity contribution in [2.24, 2.45) is 0 Å². The van der Waals surface area contributed by atoms with Gasteiger partial charge in [-0.2, -0.15) is 0 Å². The molecule has 0 radical (unpaired) electrons. The molecule has 5 heteroatoms. The number of hydrogen-bond donors (Lipinski definition) is 0. The first-order valence-electron chi connectivity index (χ1n) is 10.4. The topological polar surface area (TPSA) is 40.6 Å². The van der Waals surface area contributed by atoms with Crippen LogP contribution in [0.25, 0.3) is 0 Å². The predicted octanol–water partition coefficient (Wildman–Crippen LogP) is 3.87. The normalized spacial score (nSPS) is 24.6. The number of anilines is 1. The SMILES string of the molecule is Cc1ccc2c(c1)[C@@H]1CN(C)CC[C@@H]1N2S(=O)(=O)c1ccc2c(c1)CCCC2. The van der Waals surface area contributed by atoms with Gasteiger partial charge in [-0.3, -0.25) is 4.31 Å². The molecule has 3 aliphatic rings. The molecule has 1 saturated heterocycles. The van der Waals surface area contributed by atoms with Crippen molar-refractivity contribution in [2.75, 3.05) is 24.4 Å². The molecule has 1 aliphatic carbocycles. The van der Waals surface area contributed by atoms with Crippen molar-refractivity contribution in [2.45, 2.75) is 55.9 Å². The summed E-state index contributed by atoms with van der Waals surface area (Å²) in [7, 11) is -1.44. The summed E-state index contributed by atoms with van der Waals surface area (Å²) in [6.07, 6.45) is 5.29. The van der Waals surface area contributed by atoms with Gasteiger partial charge in [-0.15, -0.1) is 0 Å². The molecule has 28 heavy (non-hydrogen) atoms. The van der Waals surface area contributed by atoms with Gasteiger partial charge in [0.2, 0.25) is 0 Å². The maximum Gasteiger partial charge on any atom is 0.264 e. The Morgan fingerprint density at radius 2 is 1.79 bits per heavy atom. The number of hydrogen-bond acceptors (Lipinski definition) is 3. The van der Waals surface area contributed by atoms with Gasteiger partial charge in [0.15, 0.2) is 0 Å². The molecule has 2 aliphatic heterocycles. The van der Waals surface area contributed by atoms with E-state index < -0.39 is 10.0 Å². The third-order valence-electron chi connectivity index (χ3n) is 6.78. The van der Waals surface area contributed by atoms with E-state index in [4.69, 9.17) is 0 Å². The summed E-state index contributed by atoms with van der Waals surface area (Å²) in [5, 5.41) is 0. The molecule has 1 fully saturated rings. The summed E-state index contributed by atoms with van der Waals surface area (Å²) in [5.41, 5.74) is 5.81. The molecular formula is C23H28N2O2S. The van der Waals surface area contributed by atoms with Crippen LogP contribution < -0.4 is 4.31 Å². The van der Waals surface area contributed by atoms with Gasteiger partial charge in [0.1, 0.15) is 0 Å². The van der Waals surface area contributed by atoms with Crippen LogP contribution >= 0.6 is 0 Å². The van der Waals surface area contributed by atoms with Crippen molar-refractivity contribution in [3.63, 3.8) is 0 Å². The average Bonchev–Trinajstić information content (AvgIpc) is 3.01. The van der Waals surface area contributed by atoms with E-state index in [9.17, 15) is 8.42 Å². The summed E-state index contributed by atoms with van der Waals surface area (Å²) in [6, 6.07) is 12.1. The summed E-state index contributed by atoms with van der Waals surface area (Å²) in [4.78, 5) is 2.78. The Balaban J connectivity index is 1.61. The Hall–Kier alpha value is -1.85. The maximum atomic E-state index is 13.8. The standard InChI is InChI=1S/C23H28N2O2S/c1-16-7-10-22-20(13-16)21-15-24(2)12-11-23(21)25(22)28(26,27)19-9-8-17-5-3-4-6-18(17)14-19/h7-10,13-14,21,23H,3-6,11-12,15H2,1-2H3/t21-,23-/m0/s1. The lowest BCUT2D eigenvalue weighted by molar-refractivity contribution is 0.237. The largest absolute Gasteiger partial charge is 0.306 e. The zero-order valence-electron chi connectivity index (χ0n) is 16.7. The van der Waals surface area contributed by atoms with E-state index in [2.05, 4.69) is 24.9 Å². The van der Waals surface area contributed by atoms with Gasteiger partial charge in [-0.25, -0.2) is 8.42 Å². The zero-order valence-corrected chi connectivity index (χ0v) is 17.5. The lowest BCUT2D eigenvalue weighted by Gasteiger charge is -2.36. The smallest absolute Gasteiger partial charge is 0.264 e. The second-order valence-corrected chi connectivity index (χ2v) is 10.5. The van der Waals surface area contributed by atoms with Gasteiger partial charge in [-0.05, 0) is 87.5 Å². The highest BCUT2D eigenvalue weighted by molar-refractivity contribution is 7.92. The van der Waals surface area contributed by atoms with Crippen LogP contribution in [0, 0.1) is 6.92 Å². The van der Waals surface area contributed by atoms with Crippen LogP contribution in [-0.4, -0.2) is 39.5 Å². The minimum Gasteiger partial charge on any atom is -0.306 e. The molecule has 148 valence electrons. The molecule has 0 N–H and O–H groups in total. The molecular weight excluding hydrogens is 368 g/mol. The second kappa shape index (κ2) is 6.60. The van der Waals surface area contributed by atoms with Crippen LogP contribution in [0.15, 0.2) is 41.3 Å². The van der Waals surface area contributed by atoms with Crippen molar-refractivity contribution in [1.82, 2.24) is 4.90 Å². The van der Waals surface area contributed by atoms with Gasteiger partial charge in [0, 0.05) is 12.5 Å². The molecule has 0 bridgehead atoms. The maximum absolute atomic E-state index is 13.8. The van der Waals surface area contributed by atoms with Crippen LogP contribution in [-0.2, 0) is 22.9 Å². The second-order valence-electron chi connectivity index (χ2n) is 8.73. The number of likely N-dealkylation sites (tertiary alicyclic amines) is 1. The number of rotatable bonds is 2. The molecule has 4 nitrogen and oxygen atoms in total. The Morgan fingerprint density at radius 3 is 2.61 bits per heavy atom. The summed E-state index contributed by atoms with van der Waals surface area (Å²) in [6.45, 7) is 3.93. The minimum absolute atomic E-state index is 0.0223. The van der Waals surface area contributed by atoms with Gasteiger partial charge < -0.3 is 4.90 Å². The Morgan fingerprint density at radius 1 is 1.00 bits per heavy atom. The number of aryl methyl sites for hydroxylation is 3. The van der Waals surface area contributed by atoms with Crippen LogP contribution in [0.1, 0.15) is 47.4 Å². The minimum atomic E-state index is -3.57. The Bertz CT molecular complexity index is 1030. The zero-order chi connectivity index (χ0) is 19.5. The summed E-state index contributed by atoms with van der Waals surface area (Å²) in [5.74, 6) is 0.251. The summed E-state index contributed by atoms with van der Waals surface area (Å²) >= 11 is 0. The van der Waals surface area contributed by atoms with Gasteiger partial charge >= 0.3 is 0 Å². The molecule has 0 saturated carbocycles. The average molecular weight is 397 g/mol. The van der Waals surface area contributed by atoms with Gasteiger partial charge in [0.25, 0.3) is 10.0 Å². The molecule has 0 spiro atoms. The molecule has 0 amide bonds. The molecule has 2 atom stereocenters. The van der Waals surface area contributed by atoms with Crippen molar-refractivity contribution in [3.05, 3.63) is 58.7 Å². The van der Waals surface area contributed by atoms with E-state index in [-0.39, 0.29) is 12.0 Å². The van der Waals surface area contributed by atoms with Gasteiger partial charge in [-0.1, -0.05) is 23.8 Å². The number of piperidine rings is 1. The number of sulfonamides is 1. The fourth-order valence-corrected chi connectivity index (χ4v) is 7.12. The molecule has 0 unspecified atom stereocenters. The monoisotopic (exact) mass is 396 g/mol. The fraction of sp³-hybridized carbons (Fsp3) is 0.478. The Labute approximate surface area is 168 Å². The van der Waals surface area contributed by atoms with Crippen molar-refractivity contribution in [3.8, 4) is 0 Å². The van der Waals surface area contributed by atoms with E-state index in [1.54, 1.807) is 4.31 Å². The predicted molar refractivity (Wildman–Crippen MR) is 113 cm³/mol. The van der Waals surface area contributed by atoms with E-state index in [1.165, 1.54) is 28.7 Å². The molecule has 2 aromatic carbocycles. The van der Waals surface area contributed by atoms with E-state index >= 15 is 0 Å². The quantitative estimate of drug-likeness (QED) is 0.774. The van der Waals surface area contributed by atoms with Crippen LogP contribution in [0.3, 0.4) is 0 Å². The van der Waals surface area contributed by atoms with Gasteiger partial charge in [0.05, 0.1) is 16.6 Å². The van der Waals surface area contributed by atoms with Crippen LogP contribution in [0.4, 0.5) is 5.69 Å². The molecule has 2 aromatic rings. The number of nitrogens with zero attached hydrogens (tertiary/aromatic N) is 2. The lowest BCUT2D eigenvalue weighted by atomic mass is 9.89. The van der Waals surface area contributed by atoms with Crippen LogP contribution in [0.2, 0.25) is 0 Å². The first kappa shape index (κ1) is 18.2. The van der Waals surface area contributed by atoms with E-state index in [0.29, 0.717) is 4.90 Å². The molecule has 2 heterocycles.